The Morgan fingerprint density at radius 1 is 1.29 bits per heavy atom. The van der Waals surface area contributed by atoms with Gasteiger partial charge in [-0.3, -0.25) is 19.2 Å². The van der Waals surface area contributed by atoms with Crippen LogP contribution in [0.4, 0.5) is 10.6 Å². The highest BCUT2D eigenvalue weighted by atomic mass is 16.3. The SMILES string of the molecule is Cc1cc(NC(=O)CN2C(=O)NC(C)(c3cc4ccccc4o3)C2=O)n(C)n1. The number of aromatic nitrogens is 2. The van der Waals surface area contributed by atoms with Gasteiger partial charge in [-0.1, -0.05) is 18.2 Å². The topological polar surface area (TPSA) is 109 Å². The van der Waals surface area contributed by atoms with Gasteiger partial charge in [-0.05, 0) is 26.0 Å². The second-order valence-electron chi connectivity index (χ2n) is 6.94. The van der Waals surface area contributed by atoms with Crippen LogP contribution in [0.3, 0.4) is 0 Å². The van der Waals surface area contributed by atoms with Crippen molar-refractivity contribution in [1.82, 2.24) is 20.0 Å². The molecule has 1 saturated heterocycles. The Balaban J connectivity index is 1.54. The molecule has 1 unspecified atom stereocenters. The van der Waals surface area contributed by atoms with Gasteiger partial charge in [0.25, 0.3) is 5.91 Å². The molecule has 1 atom stereocenters. The minimum absolute atomic E-state index is 0.317. The number of urea groups is 1. The molecular weight excluding hydrogens is 362 g/mol. The van der Waals surface area contributed by atoms with Crippen molar-refractivity contribution in [2.45, 2.75) is 19.4 Å². The van der Waals surface area contributed by atoms with E-state index in [1.54, 1.807) is 39.1 Å². The van der Waals surface area contributed by atoms with Crippen LogP contribution in [0, 0.1) is 6.92 Å². The summed E-state index contributed by atoms with van der Waals surface area (Å²) in [6.07, 6.45) is 0. The van der Waals surface area contributed by atoms with Gasteiger partial charge in [0.1, 0.15) is 23.7 Å². The zero-order chi connectivity index (χ0) is 20.1. The molecule has 0 saturated carbocycles. The van der Waals surface area contributed by atoms with Crippen molar-refractivity contribution in [3.05, 3.63) is 47.9 Å². The van der Waals surface area contributed by atoms with E-state index in [1.807, 2.05) is 18.2 Å². The molecule has 4 amide bonds. The van der Waals surface area contributed by atoms with Crippen molar-refractivity contribution >= 4 is 34.6 Å². The molecule has 3 heterocycles. The van der Waals surface area contributed by atoms with Crippen LogP contribution in [-0.2, 0) is 22.2 Å². The zero-order valence-electron chi connectivity index (χ0n) is 15.6. The molecule has 9 heteroatoms. The highest BCUT2D eigenvalue weighted by molar-refractivity contribution is 6.10. The molecule has 1 aromatic carbocycles. The number of fused-ring (bicyclic) bond motifs is 1. The van der Waals surface area contributed by atoms with Crippen molar-refractivity contribution in [2.24, 2.45) is 7.05 Å². The van der Waals surface area contributed by atoms with Gasteiger partial charge in [-0.15, -0.1) is 0 Å². The number of anilines is 1. The van der Waals surface area contributed by atoms with Gasteiger partial charge in [-0.25, -0.2) is 4.79 Å². The fourth-order valence-corrected chi connectivity index (χ4v) is 3.29. The van der Waals surface area contributed by atoms with Crippen LogP contribution >= 0.6 is 0 Å². The summed E-state index contributed by atoms with van der Waals surface area (Å²) >= 11 is 0. The third-order valence-electron chi connectivity index (χ3n) is 4.76. The Hall–Kier alpha value is -3.62. The van der Waals surface area contributed by atoms with Crippen molar-refractivity contribution in [3.8, 4) is 0 Å². The maximum absolute atomic E-state index is 13.0. The van der Waals surface area contributed by atoms with Gasteiger partial charge in [0.15, 0.2) is 5.54 Å². The normalized spacial score (nSPS) is 19.3. The molecular formula is C19H19N5O4. The summed E-state index contributed by atoms with van der Waals surface area (Å²) in [5.74, 6) is -0.250. The number of rotatable bonds is 4. The van der Waals surface area contributed by atoms with E-state index < -0.39 is 29.9 Å². The molecule has 2 aromatic heterocycles. The van der Waals surface area contributed by atoms with Crippen LogP contribution in [0.1, 0.15) is 18.4 Å². The number of nitrogens with one attached hydrogen (secondary N) is 2. The van der Waals surface area contributed by atoms with Gasteiger partial charge in [0.2, 0.25) is 5.91 Å². The maximum atomic E-state index is 13.0. The zero-order valence-corrected chi connectivity index (χ0v) is 15.6. The predicted molar refractivity (Wildman–Crippen MR) is 100 cm³/mol. The van der Waals surface area contributed by atoms with Crippen LogP contribution < -0.4 is 10.6 Å². The lowest BCUT2D eigenvalue weighted by atomic mass is 9.99. The predicted octanol–water partition coefficient (Wildman–Crippen LogP) is 1.88. The molecule has 144 valence electrons. The summed E-state index contributed by atoms with van der Waals surface area (Å²) in [6, 6.07) is 10.1. The largest absolute Gasteiger partial charge is 0.458 e. The Morgan fingerprint density at radius 3 is 2.71 bits per heavy atom. The Labute approximate surface area is 160 Å². The number of benzene rings is 1. The van der Waals surface area contributed by atoms with Crippen molar-refractivity contribution < 1.29 is 18.8 Å². The van der Waals surface area contributed by atoms with Crippen LogP contribution in [-0.4, -0.2) is 39.1 Å². The number of hydrogen-bond acceptors (Lipinski definition) is 5. The van der Waals surface area contributed by atoms with Crippen LogP contribution in [0.2, 0.25) is 0 Å². The lowest BCUT2D eigenvalue weighted by Gasteiger charge is -2.18. The third kappa shape index (κ3) is 2.81. The first-order valence-electron chi connectivity index (χ1n) is 8.71. The third-order valence-corrected chi connectivity index (χ3v) is 4.76. The molecule has 9 nitrogen and oxygen atoms in total. The highest BCUT2D eigenvalue weighted by Crippen LogP contribution is 2.32. The van der Waals surface area contributed by atoms with Gasteiger partial charge in [-0.2, -0.15) is 5.10 Å². The van der Waals surface area contributed by atoms with Crippen LogP contribution in [0.5, 0.6) is 0 Å². The number of para-hydroxylation sites is 1. The second kappa shape index (κ2) is 6.22. The van der Waals surface area contributed by atoms with E-state index in [0.29, 0.717) is 17.2 Å². The first kappa shape index (κ1) is 17.8. The number of hydrogen-bond donors (Lipinski definition) is 2. The lowest BCUT2D eigenvalue weighted by molar-refractivity contribution is -0.134. The second-order valence-corrected chi connectivity index (χ2v) is 6.94. The van der Waals surface area contributed by atoms with E-state index in [2.05, 4.69) is 15.7 Å². The van der Waals surface area contributed by atoms with E-state index in [9.17, 15) is 14.4 Å². The van der Waals surface area contributed by atoms with E-state index in [1.165, 1.54) is 4.68 Å². The first-order chi connectivity index (χ1) is 13.3. The average molecular weight is 381 g/mol. The molecule has 0 aliphatic carbocycles. The van der Waals surface area contributed by atoms with E-state index in [4.69, 9.17) is 4.42 Å². The van der Waals surface area contributed by atoms with Crippen LogP contribution in [0.15, 0.2) is 40.8 Å². The summed E-state index contributed by atoms with van der Waals surface area (Å²) in [5, 5.41) is 10.3. The summed E-state index contributed by atoms with van der Waals surface area (Å²) < 4.78 is 7.28. The number of amides is 4. The number of nitrogens with zero attached hydrogens (tertiary/aromatic N) is 3. The quantitative estimate of drug-likeness (QED) is 0.671. The Bertz CT molecular complexity index is 1080. The van der Waals surface area contributed by atoms with Crippen molar-refractivity contribution in [2.75, 3.05) is 11.9 Å². The first-order valence-corrected chi connectivity index (χ1v) is 8.71. The smallest absolute Gasteiger partial charge is 0.325 e. The van der Waals surface area contributed by atoms with E-state index in [-0.39, 0.29) is 0 Å². The molecule has 0 bridgehead atoms. The molecule has 2 N–H and O–H groups in total. The molecule has 0 spiro atoms. The molecule has 4 rings (SSSR count). The average Bonchev–Trinajstić information content (AvgIpc) is 3.27. The van der Waals surface area contributed by atoms with Crippen molar-refractivity contribution in [1.29, 1.82) is 0 Å². The Kier molecular flexibility index (Phi) is 3.95. The van der Waals surface area contributed by atoms with E-state index >= 15 is 0 Å². The van der Waals surface area contributed by atoms with E-state index in [0.717, 1.165) is 16.0 Å². The minimum Gasteiger partial charge on any atom is -0.458 e. The van der Waals surface area contributed by atoms with Crippen molar-refractivity contribution in [3.63, 3.8) is 0 Å². The molecule has 1 aliphatic rings. The van der Waals surface area contributed by atoms with Gasteiger partial charge >= 0.3 is 6.03 Å². The molecule has 28 heavy (non-hydrogen) atoms. The fourth-order valence-electron chi connectivity index (χ4n) is 3.29. The number of carbonyl (C=O) groups is 3. The number of imide groups is 1. The van der Waals surface area contributed by atoms with Gasteiger partial charge in [0, 0.05) is 18.5 Å². The molecule has 1 aliphatic heterocycles. The standard InChI is InChI=1S/C19H19N5O4/c1-11-8-15(23(3)22-11)20-16(25)10-24-17(26)19(2,21-18(24)27)14-9-12-6-4-5-7-13(12)28-14/h4-9H,10H2,1-3H3,(H,20,25)(H,21,27). The molecule has 0 radical (unpaired) electrons. The summed E-state index contributed by atoms with van der Waals surface area (Å²) in [7, 11) is 1.69. The summed E-state index contributed by atoms with van der Waals surface area (Å²) in [4.78, 5) is 38.6. The maximum Gasteiger partial charge on any atom is 0.325 e. The summed E-state index contributed by atoms with van der Waals surface area (Å²) in [6.45, 7) is 2.95. The number of aryl methyl sites for hydroxylation is 2. The van der Waals surface area contributed by atoms with Gasteiger partial charge in [0.05, 0.1) is 5.69 Å². The fraction of sp³-hybridized carbons (Fsp3) is 0.263. The Morgan fingerprint density at radius 2 is 2.04 bits per heavy atom. The van der Waals surface area contributed by atoms with Gasteiger partial charge < -0.3 is 15.1 Å². The monoisotopic (exact) mass is 381 g/mol. The summed E-state index contributed by atoms with van der Waals surface area (Å²) in [5.41, 5.74) is -0.0201. The number of furan rings is 1. The van der Waals surface area contributed by atoms with Crippen LogP contribution in [0.25, 0.3) is 11.0 Å². The minimum atomic E-state index is -1.38. The lowest BCUT2D eigenvalue weighted by Crippen LogP contribution is -2.42. The number of carbonyl (C=O) groups excluding carboxylic acids is 3. The molecule has 3 aromatic rings. The highest BCUT2D eigenvalue weighted by Gasteiger charge is 2.51. The molecule has 1 fully saturated rings.